The van der Waals surface area contributed by atoms with E-state index < -0.39 is 0 Å². The van der Waals surface area contributed by atoms with Gasteiger partial charge in [0.2, 0.25) is 11.7 Å². The number of oxazole rings is 1. The maximum atomic E-state index is 12.8. The smallest absolute Gasteiger partial charge is 0.292 e. The maximum absolute atomic E-state index is 12.8. The zero-order valence-corrected chi connectivity index (χ0v) is 14.4. The lowest BCUT2D eigenvalue weighted by atomic mass is 10.0. The highest BCUT2D eigenvalue weighted by atomic mass is 16.4. The molecule has 4 rings (SSSR count). The summed E-state index contributed by atoms with van der Waals surface area (Å²) in [4.78, 5) is 27.2. The molecule has 3 aromatic rings. The first-order chi connectivity index (χ1) is 12.8. The summed E-state index contributed by atoms with van der Waals surface area (Å²) in [5.41, 5.74) is 1.17. The third-order valence-electron chi connectivity index (χ3n) is 4.60. The quantitative estimate of drug-likeness (QED) is 0.722. The van der Waals surface area contributed by atoms with Crippen molar-refractivity contribution in [3.05, 3.63) is 78.0 Å². The normalized spacial score (nSPS) is 17.2. The summed E-state index contributed by atoms with van der Waals surface area (Å²) in [5.74, 6) is 1.45. The lowest BCUT2D eigenvalue weighted by molar-refractivity contribution is 0.0557. The molecule has 1 unspecified atom stereocenters. The Labute approximate surface area is 151 Å². The Kier molecular flexibility index (Phi) is 4.73. The molecule has 132 valence electrons. The second-order valence-corrected chi connectivity index (χ2v) is 6.41. The van der Waals surface area contributed by atoms with E-state index in [1.807, 2.05) is 18.2 Å². The first-order valence-electron chi connectivity index (χ1n) is 8.88. The molecule has 0 radical (unpaired) electrons. The van der Waals surface area contributed by atoms with Gasteiger partial charge in [0.15, 0.2) is 0 Å². The van der Waals surface area contributed by atoms with Gasteiger partial charge >= 0.3 is 0 Å². The number of carbonyl (C=O) groups is 1. The van der Waals surface area contributed by atoms with Crippen LogP contribution in [-0.4, -0.2) is 32.3 Å². The molecule has 1 atom stereocenters. The first-order valence-corrected chi connectivity index (χ1v) is 8.88. The molecule has 2 aromatic heterocycles. The van der Waals surface area contributed by atoms with E-state index in [1.54, 1.807) is 29.6 Å². The number of rotatable bonds is 4. The topological polar surface area (TPSA) is 72.1 Å². The zero-order valence-electron chi connectivity index (χ0n) is 14.4. The standard InChI is InChI=1S/C20H20N4O2/c25-20(18-21-10-6-11-22-18)24-12-5-4-9-17(24)19-23-14-16(26-19)13-15-7-2-1-3-8-15/h1-3,6-8,10-11,14,17H,4-5,9,12-13H2. The molecule has 3 heterocycles. The predicted octanol–water partition coefficient (Wildman–Crippen LogP) is 3.42. The van der Waals surface area contributed by atoms with Crippen LogP contribution >= 0.6 is 0 Å². The van der Waals surface area contributed by atoms with E-state index in [1.165, 1.54) is 5.56 Å². The van der Waals surface area contributed by atoms with Crippen LogP contribution < -0.4 is 0 Å². The van der Waals surface area contributed by atoms with Gasteiger partial charge in [-0.3, -0.25) is 4.79 Å². The summed E-state index contributed by atoms with van der Waals surface area (Å²) in [6.45, 7) is 0.665. The van der Waals surface area contributed by atoms with Gasteiger partial charge in [0.05, 0.1) is 6.20 Å². The SMILES string of the molecule is O=C(c1ncccn1)N1CCCCC1c1ncc(Cc2ccccc2)o1. The van der Waals surface area contributed by atoms with E-state index in [-0.39, 0.29) is 17.8 Å². The molecule has 0 N–H and O–H groups in total. The molecule has 0 saturated carbocycles. The van der Waals surface area contributed by atoms with E-state index in [2.05, 4.69) is 27.1 Å². The average molecular weight is 348 g/mol. The van der Waals surface area contributed by atoms with Crippen LogP contribution in [0.1, 0.15) is 53.1 Å². The highest BCUT2D eigenvalue weighted by molar-refractivity contribution is 5.90. The molecule has 1 fully saturated rings. The first kappa shape index (κ1) is 16.4. The van der Waals surface area contributed by atoms with Crippen LogP contribution in [0.5, 0.6) is 0 Å². The largest absolute Gasteiger partial charge is 0.443 e. The third kappa shape index (κ3) is 3.49. The lowest BCUT2D eigenvalue weighted by Crippen LogP contribution is -2.39. The van der Waals surface area contributed by atoms with Gasteiger partial charge in [-0.25, -0.2) is 15.0 Å². The Hall–Kier alpha value is -3.02. The zero-order chi connectivity index (χ0) is 17.8. The second-order valence-electron chi connectivity index (χ2n) is 6.41. The Balaban J connectivity index is 1.54. The average Bonchev–Trinajstić information content (AvgIpc) is 3.17. The number of hydrogen-bond acceptors (Lipinski definition) is 5. The predicted molar refractivity (Wildman–Crippen MR) is 95.4 cm³/mol. The minimum atomic E-state index is -0.168. The molecule has 26 heavy (non-hydrogen) atoms. The van der Waals surface area contributed by atoms with Crippen LogP contribution in [-0.2, 0) is 6.42 Å². The van der Waals surface area contributed by atoms with E-state index >= 15 is 0 Å². The van der Waals surface area contributed by atoms with Crippen LogP contribution in [0.3, 0.4) is 0 Å². The summed E-state index contributed by atoms with van der Waals surface area (Å²) in [6, 6.07) is 11.7. The van der Waals surface area contributed by atoms with Crippen molar-refractivity contribution < 1.29 is 9.21 Å². The highest BCUT2D eigenvalue weighted by Crippen LogP contribution is 2.31. The number of hydrogen-bond donors (Lipinski definition) is 0. The van der Waals surface area contributed by atoms with E-state index in [0.29, 0.717) is 18.9 Å². The van der Waals surface area contributed by atoms with Crippen LogP contribution in [0.15, 0.2) is 59.4 Å². The summed E-state index contributed by atoms with van der Waals surface area (Å²) in [7, 11) is 0. The van der Waals surface area contributed by atoms with Crippen molar-refractivity contribution in [1.82, 2.24) is 19.9 Å². The molecule has 6 nitrogen and oxygen atoms in total. The van der Waals surface area contributed by atoms with Crippen molar-refractivity contribution >= 4 is 5.91 Å². The fourth-order valence-corrected chi connectivity index (χ4v) is 3.32. The molecule has 0 aliphatic carbocycles. The monoisotopic (exact) mass is 348 g/mol. The number of nitrogens with zero attached hydrogens (tertiary/aromatic N) is 4. The van der Waals surface area contributed by atoms with Crippen LogP contribution in [0.25, 0.3) is 0 Å². The van der Waals surface area contributed by atoms with Crippen LogP contribution in [0.2, 0.25) is 0 Å². The molecule has 1 aromatic carbocycles. The molecule has 1 saturated heterocycles. The van der Waals surface area contributed by atoms with Gasteiger partial charge < -0.3 is 9.32 Å². The van der Waals surface area contributed by atoms with E-state index in [4.69, 9.17) is 4.42 Å². The van der Waals surface area contributed by atoms with Gasteiger partial charge in [-0.05, 0) is 30.9 Å². The molecule has 1 amide bonds. The number of likely N-dealkylation sites (tertiary alicyclic amines) is 1. The number of piperidine rings is 1. The molecule has 0 bridgehead atoms. The minimum Gasteiger partial charge on any atom is -0.443 e. The number of benzene rings is 1. The van der Waals surface area contributed by atoms with Crippen molar-refractivity contribution in [3.8, 4) is 0 Å². The molecule has 1 aliphatic heterocycles. The fourth-order valence-electron chi connectivity index (χ4n) is 3.32. The molecule has 1 aliphatic rings. The van der Waals surface area contributed by atoms with E-state index in [9.17, 15) is 4.79 Å². The minimum absolute atomic E-state index is 0.162. The third-order valence-corrected chi connectivity index (χ3v) is 4.60. The summed E-state index contributed by atoms with van der Waals surface area (Å²) in [5, 5.41) is 0. The summed E-state index contributed by atoms with van der Waals surface area (Å²) >= 11 is 0. The Morgan fingerprint density at radius 2 is 1.88 bits per heavy atom. The lowest BCUT2D eigenvalue weighted by Gasteiger charge is -2.33. The van der Waals surface area contributed by atoms with Gasteiger partial charge in [-0.15, -0.1) is 0 Å². The van der Waals surface area contributed by atoms with Crippen molar-refractivity contribution in [3.63, 3.8) is 0 Å². The van der Waals surface area contributed by atoms with Crippen molar-refractivity contribution in [2.45, 2.75) is 31.7 Å². The Bertz CT molecular complexity index is 864. The van der Waals surface area contributed by atoms with Crippen LogP contribution in [0.4, 0.5) is 0 Å². The van der Waals surface area contributed by atoms with Crippen molar-refractivity contribution in [2.75, 3.05) is 6.54 Å². The van der Waals surface area contributed by atoms with Gasteiger partial charge in [0.25, 0.3) is 5.91 Å². The fraction of sp³-hybridized carbons (Fsp3) is 0.300. The van der Waals surface area contributed by atoms with Gasteiger partial charge in [-0.2, -0.15) is 0 Å². The second kappa shape index (κ2) is 7.47. The highest BCUT2D eigenvalue weighted by Gasteiger charge is 2.33. The maximum Gasteiger partial charge on any atom is 0.292 e. The number of amides is 1. The van der Waals surface area contributed by atoms with Crippen molar-refractivity contribution in [2.24, 2.45) is 0 Å². The van der Waals surface area contributed by atoms with Gasteiger partial charge in [0.1, 0.15) is 11.8 Å². The molecular formula is C20H20N4O2. The number of carbonyl (C=O) groups excluding carboxylic acids is 1. The molecule has 0 spiro atoms. The molecular weight excluding hydrogens is 328 g/mol. The van der Waals surface area contributed by atoms with Crippen LogP contribution in [0, 0.1) is 0 Å². The van der Waals surface area contributed by atoms with E-state index in [0.717, 1.165) is 25.0 Å². The Morgan fingerprint density at radius 1 is 1.08 bits per heavy atom. The Morgan fingerprint density at radius 3 is 2.69 bits per heavy atom. The van der Waals surface area contributed by atoms with Crippen molar-refractivity contribution in [1.29, 1.82) is 0 Å². The molecule has 6 heteroatoms. The summed E-state index contributed by atoms with van der Waals surface area (Å²) in [6.07, 6.45) is 8.47. The van der Waals surface area contributed by atoms with Gasteiger partial charge in [0, 0.05) is 25.4 Å². The summed E-state index contributed by atoms with van der Waals surface area (Å²) < 4.78 is 6.00. The van der Waals surface area contributed by atoms with Gasteiger partial charge in [-0.1, -0.05) is 30.3 Å². The number of aromatic nitrogens is 3.